The van der Waals surface area contributed by atoms with Gasteiger partial charge in [-0.1, -0.05) is 5.16 Å². The molecule has 0 saturated heterocycles. The summed E-state index contributed by atoms with van der Waals surface area (Å²) in [4.78, 5) is 3.41. The Labute approximate surface area is 105 Å². The van der Waals surface area contributed by atoms with Crippen molar-refractivity contribution in [2.24, 2.45) is 10.9 Å². The molecule has 0 fully saturated rings. The minimum Gasteiger partial charge on any atom is -0.409 e. The summed E-state index contributed by atoms with van der Waals surface area (Å²) >= 11 is 0.888. The van der Waals surface area contributed by atoms with Crippen molar-refractivity contribution in [3.8, 4) is 0 Å². The first-order valence-electron chi connectivity index (χ1n) is 4.70. The molecule has 0 spiro atoms. The average Bonchev–Trinajstić information content (AvgIpc) is 2.34. The Morgan fingerprint density at radius 1 is 1.44 bits per heavy atom. The quantitative estimate of drug-likeness (QED) is 0.254. The van der Waals surface area contributed by atoms with Crippen LogP contribution < -0.4 is 5.73 Å². The number of aliphatic hydroxyl groups excluding tert-OH is 1. The molecule has 4 N–H and O–H groups in total. The van der Waals surface area contributed by atoms with Crippen LogP contribution in [0.15, 0.2) is 22.3 Å². The highest BCUT2D eigenvalue weighted by molar-refractivity contribution is 7.99. The fraction of sp³-hybridized carbons (Fsp3) is 0.333. The highest BCUT2D eigenvalue weighted by atomic mass is 32.2. The zero-order valence-electron chi connectivity index (χ0n) is 8.98. The third-order valence-electron chi connectivity index (χ3n) is 1.86. The molecule has 0 amide bonds. The maximum Gasteiger partial charge on any atom is 0.433 e. The summed E-state index contributed by atoms with van der Waals surface area (Å²) in [5, 5.41) is 19.9. The predicted molar refractivity (Wildman–Crippen MR) is 59.6 cm³/mol. The lowest BCUT2D eigenvalue weighted by molar-refractivity contribution is -0.141. The molecule has 5 nitrogen and oxygen atoms in total. The SMILES string of the molecule is NC(=NO)c1ccc(C(F)(F)F)nc1SCCO. The first kappa shape index (κ1) is 14.6. The standard InChI is InChI=1S/C9H10F3N3O2S/c10-9(11,12)6-2-1-5(7(13)15-17)8(14-6)18-4-3-16/h1-2,16-17H,3-4H2,(H2,13,15). The topological polar surface area (TPSA) is 91.7 Å². The van der Waals surface area contributed by atoms with Crippen LogP contribution in [0.2, 0.25) is 0 Å². The molecule has 0 aliphatic carbocycles. The van der Waals surface area contributed by atoms with Crippen LogP contribution in [0.3, 0.4) is 0 Å². The van der Waals surface area contributed by atoms with Crippen molar-refractivity contribution < 1.29 is 23.5 Å². The van der Waals surface area contributed by atoms with Gasteiger partial charge in [-0.25, -0.2) is 4.98 Å². The maximum absolute atomic E-state index is 12.5. The zero-order chi connectivity index (χ0) is 13.8. The van der Waals surface area contributed by atoms with E-state index < -0.39 is 11.9 Å². The van der Waals surface area contributed by atoms with E-state index in [4.69, 9.17) is 16.0 Å². The fourth-order valence-electron chi connectivity index (χ4n) is 1.10. The van der Waals surface area contributed by atoms with Gasteiger partial charge in [0.05, 0.1) is 12.2 Å². The number of hydrogen-bond acceptors (Lipinski definition) is 5. The lowest BCUT2D eigenvalue weighted by atomic mass is 10.2. The van der Waals surface area contributed by atoms with Gasteiger partial charge in [-0.15, -0.1) is 11.8 Å². The van der Waals surface area contributed by atoms with Crippen LogP contribution in [-0.4, -0.2) is 33.5 Å². The van der Waals surface area contributed by atoms with Crippen LogP contribution >= 0.6 is 11.8 Å². The number of amidine groups is 1. The van der Waals surface area contributed by atoms with Crippen LogP contribution in [0.1, 0.15) is 11.3 Å². The second-order valence-corrected chi connectivity index (χ2v) is 4.19. The van der Waals surface area contributed by atoms with Gasteiger partial charge >= 0.3 is 6.18 Å². The first-order chi connectivity index (χ1) is 8.40. The molecule has 0 bridgehead atoms. The summed E-state index contributed by atoms with van der Waals surface area (Å²) in [6.45, 7) is -0.224. The van der Waals surface area contributed by atoms with Gasteiger partial charge < -0.3 is 16.0 Å². The third-order valence-corrected chi connectivity index (χ3v) is 2.84. The lowest BCUT2D eigenvalue weighted by Gasteiger charge is -2.10. The maximum atomic E-state index is 12.5. The van der Waals surface area contributed by atoms with E-state index in [2.05, 4.69) is 10.1 Å². The number of nitrogens with two attached hydrogens (primary N) is 1. The average molecular weight is 281 g/mol. The summed E-state index contributed by atoms with van der Waals surface area (Å²) in [7, 11) is 0. The number of oxime groups is 1. The molecular formula is C9H10F3N3O2S. The Hall–Kier alpha value is -1.48. The number of aromatic nitrogens is 1. The van der Waals surface area contributed by atoms with Crippen molar-refractivity contribution in [1.82, 2.24) is 4.98 Å². The number of alkyl halides is 3. The van der Waals surface area contributed by atoms with Gasteiger partial charge in [0.2, 0.25) is 0 Å². The molecule has 0 unspecified atom stereocenters. The first-order valence-corrected chi connectivity index (χ1v) is 5.68. The Morgan fingerprint density at radius 3 is 2.61 bits per heavy atom. The number of nitrogens with zero attached hydrogens (tertiary/aromatic N) is 2. The van der Waals surface area contributed by atoms with Gasteiger partial charge in [-0.05, 0) is 12.1 Å². The van der Waals surface area contributed by atoms with Crippen LogP contribution in [0, 0.1) is 0 Å². The molecular weight excluding hydrogens is 271 g/mol. The minimum absolute atomic E-state index is 0.0471. The summed E-state index contributed by atoms with van der Waals surface area (Å²) in [5.74, 6) is -0.184. The summed E-state index contributed by atoms with van der Waals surface area (Å²) in [6.07, 6.45) is -4.57. The fourth-order valence-corrected chi connectivity index (χ4v) is 1.88. The van der Waals surface area contributed by atoms with Crippen LogP contribution in [0.5, 0.6) is 0 Å². The number of aliphatic hydroxyl groups is 1. The van der Waals surface area contributed by atoms with E-state index in [9.17, 15) is 13.2 Å². The number of hydrogen-bond donors (Lipinski definition) is 3. The van der Waals surface area contributed by atoms with E-state index in [-0.39, 0.29) is 28.8 Å². The number of thioether (sulfide) groups is 1. The van der Waals surface area contributed by atoms with Crippen molar-refractivity contribution in [2.75, 3.05) is 12.4 Å². The van der Waals surface area contributed by atoms with Crippen molar-refractivity contribution in [3.05, 3.63) is 23.4 Å². The van der Waals surface area contributed by atoms with Gasteiger partial charge in [0.1, 0.15) is 10.7 Å². The van der Waals surface area contributed by atoms with E-state index in [1.54, 1.807) is 0 Å². The number of rotatable bonds is 4. The van der Waals surface area contributed by atoms with Crippen molar-refractivity contribution in [2.45, 2.75) is 11.2 Å². The van der Waals surface area contributed by atoms with E-state index in [1.165, 1.54) is 0 Å². The molecule has 9 heteroatoms. The minimum atomic E-state index is -4.57. The van der Waals surface area contributed by atoms with Gasteiger partial charge in [0, 0.05) is 5.75 Å². The molecule has 0 radical (unpaired) electrons. The molecule has 0 atom stereocenters. The van der Waals surface area contributed by atoms with Gasteiger partial charge in [0.25, 0.3) is 0 Å². The highest BCUT2D eigenvalue weighted by Crippen LogP contribution is 2.30. The normalized spacial score (nSPS) is 12.8. The Kier molecular flexibility index (Phi) is 4.79. The molecule has 0 aromatic carbocycles. The predicted octanol–water partition coefficient (Wildman–Crippen LogP) is 1.28. The highest BCUT2D eigenvalue weighted by Gasteiger charge is 2.33. The van der Waals surface area contributed by atoms with Crippen molar-refractivity contribution in [3.63, 3.8) is 0 Å². The van der Waals surface area contributed by atoms with Crippen LogP contribution in [0.4, 0.5) is 13.2 Å². The van der Waals surface area contributed by atoms with Crippen molar-refractivity contribution in [1.29, 1.82) is 0 Å². The molecule has 1 heterocycles. The number of halogens is 3. The van der Waals surface area contributed by atoms with Crippen LogP contribution in [-0.2, 0) is 6.18 Å². The van der Waals surface area contributed by atoms with Gasteiger partial charge in [0.15, 0.2) is 5.84 Å². The molecule has 1 rings (SSSR count). The molecule has 0 aliphatic heterocycles. The molecule has 0 aliphatic rings. The van der Waals surface area contributed by atoms with Gasteiger partial charge in [-0.3, -0.25) is 0 Å². The molecule has 0 saturated carbocycles. The smallest absolute Gasteiger partial charge is 0.409 e. The second kappa shape index (κ2) is 5.91. The Balaban J connectivity index is 3.20. The molecule has 18 heavy (non-hydrogen) atoms. The largest absolute Gasteiger partial charge is 0.433 e. The third kappa shape index (κ3) is 3.50. The molecule has 1 aromatic heterocycles. The van der Waals surface area contributed by atoms with E-state index >= 15 is 0 Å². The Morgan fingerprint density at radius 2 is 2.11 bits per heavy atom. The number of pyridine rings is 1. The lowest BCUT2D eigenvalue weighted by Crippen LogP contribution is -2.17. The van der Waals surface area contributed by atoms with E-state index in [0.29, 0.717) is 0 Å². The van der Waals surface area contributed by atoms with E-state index in [0.717, 1.165) is 23.9 Å². The summed E-state index contributed by atoms with van der Waals surface area (Å²) in [6, 6.07) is 1.82. The Bertz CT molecular complexity index is 451. The van der Waals surface area contributed by atoms with Crippen LogP contribution in [0.25, 0.3) is 0 Å². The second-order valence-electron chi connectivity index (χ2n) is 3.10. The monoisotopic (exact) mass is 281 g/mol. The summed E-state index contributed by atoms with van der Waals surface area (Å²) < 4.78 is 37.4. The van der Waals surface area contributed by atoms with E-state index in [1.807, 2.05) is 0 Å². The zero-order valence-corrected chi connectivity index (χ0v) is 9.79. The van der Waals surface area contributed by atoms with Crippen molar-refractivity contribution >= 4 is 17.6 Å². The van der Waals surface area contributed by atoms with Gasteiger partial charge in [-0.2, -0.15) is 13.2 Å². The molecule has 100 valence electrons. The summed E-state index contributed by atoms with van der Waals surface area (Å²) in [5.41, 5.74) is 4.34. The molecule has 1 aromatic rings.